The van der Waals surface area contributed by atoms with Gasteiger partial charge in [-0.3, -0.25) is 4.98 Å². The molecular weight excluding hydrogens is 631 g/mol. The number of hydrogen-bond acceptors (Lipinski definition) is 3. The van der Waals surface area contributed by atoms with Crippen LogP contribution in [0.3, 0.4) is 0 Å². The maximum atomic E-state index is 5.19. The van der Waals surface area contributed by atoms with Gasteiger partial charge < -0.3 is 0 Å². The second-order valence-corrected chi connectivity index (χ2v) is 13.3. The van der Waals surface area contributed by atoms with Crippen molar-refractivity contribution in [1.82, 2.24) is 15.0 Å². The molecule has 8 aromatic carbocycles. The summed E-state index contributed by atoms with van der Waals surface area (Å²) in [5, 5.41) is 7.74. The number of rotatable bonds is 6. The lowest BCUT2D eigenvalue weighted by molar-refractivity contribution is 1.18. The second kappa shape index (κ2) is 12.4. The highest BCUT2D eigenvalue weighted by atomic mass is 14.9. The predicted octanol–water partition coefficient (Wildman–Crippen LogP) is 12.8. The van der Waals surface area contributed by atoms with Crippen LogP contribution >= 0.6 is 0 Å². The summed E-state index contributed by atoms with van der Waals surface area (Å²) in [6.07, 6.45) is 3.65. The van der Waals surface area contributed by atoms with Gasteiger partial charge in [0.15, 0.2) is 5.82 Å². The highest BCUT2D eigenvalue weighted by Gasteiger charge is 2.15. The van der Waals surface area contributed by atoms with Crippen LogP contribution < -0.4 is 0 Å². The Bertz CT molecular complexity index is 2850. The molecular formula is C49H31N3. The summed E-state index contributed by atoms with van der Waals surface area (Å²) in [6, 6.07) is 62.6. The van der Waals surface area contributed by atoms with E-state index in [2.05, 4.69) is 163 Å². The van der Waals surface area contributed by atoms with Crippen molar-refractivity contribution in [1.29, 1.82) is 0 Å². The Morgan fingerprint density at radius 3 is 1.62 bits per heavy atom. The van der Waals surface area contributed by atoms with E-state index >= 15 is 0 Å². The first-order valence-corrected chi connectivity index (χ1v) is 17.6. The first kappa shape index (κ1) is 29.9. The van der Waals surface area contributed by atoms with E-state index in [1.54, 1.807) is 0 Å². The van der Waals surface area contributed by atoms with Crippen molar-refractivity contribution < 1.29 is 0 Å². The third kappa shape index (κ3) is 5.28. The SMILES string of the molecule is c1ccc(-c2cccc(-c3cc(-c4ccc(-c5ccncc5)cc4)nc(-c4ccc(-c5ccc6ccc7cccc8ccc5c6c78)cc4)n3)c2)cc1. The Balaban J connectivity index is 1.08. The number of nitrogens with zero attached hydrogens (tertiary/aromatic N) is 3. The zero-order chi connectivity index (χ0) is 34.4. The van der Waals surface area contributed by atoms with Crippen LogP contribution in [0.4, 0.5) is 0 Å². The molecule has 0 N–H and O–H groups in total. The smallest absolute Gasteiger partial charge is 0.160 e. The van der Waals surface area contributed by atoms with Crippen molar-refractivity contribution in [2.75, 3.05) is 0 Å². The molecule has 2 heterocycles. The van der Waals surface area contributed by atoms with Crippen LogP contribution in [0.2, 0.25) is 0 Å². The van der Waals surface area contributed by atoms with Gasteiger partial charge in [-0.05, 0) is 90.0 Å². The summed E-state index contributed by atoms with van der Waals surface area (Å²) in [5.41, 5.74) is 11.8. The summed E-state index contributed by atoms with van der Waals surface area (Å²) in [6.45, 7) is 0. The first-order chi connectivity index (χ1) is 25.7. The Morgan fingerprint density at radius 1 is 0.308 bits per heavy atom. The molecule has 0 unspecified atom stereocenters. The van der Waals surface area contributed by atoms with Gasteiger partial charge >= 0.3 is 0 Å². The molecule has 0 saturated heterocycles. The van der Waals surface area contributed by atoms with Gasteiger partial charge in [-0.2, -0.15) is 0 Å². The van der Waals surface area contributed by atoms with Crippen LogP contribution in [0.15, 0.2) is 188 Å². The van der Waals surface area contributed by atoms with Crippen LogP contribution in [-0.2, 0) is 0 Å². The molecule has 0 aliphatic heterocycles. The molecule has 0 atom stereocenters. The molecule has 10 rings (SSSR count). The first-order valence-electron chi connectivity index (χ1n) is 17.6. The van der Waals surface area contributed by atoms with Crippen LogP contribution in [0.1, 0.15) is 0 Å². The summed E-state index contributed by atoms with van der Waals surface area (Å²) in [4.78, 5) is 14.5. The fourth-order valence-electron chi connectivity index (χ4n) is 7.52. The fourth-order valence-corrected chi connectivity index (χ4v) is 7.52. The van der Waals surface area contributed by atoms with E-state index in [1.165, 1.54) is 49.0 Å². The summed E-state index contributed by atoms with van der Waals surface area (Å²) >= 11 is 0. The number of pyridine rings is 1. The van der Waals surface area contributed by atoms with Gasteiger partial charge in [-0.25, -0.2) is 9.97 Å². The normalized spacial score (nSPS) is 11.5. The van der Waals surface area contributed by atoms with Gasteiger partial charge in [0, 0.05) is 29.1 Å². The van der Waals surface area contributed by atoms with Gasteiger partial charge in [0.05, 0.1) is 11.4 Å². The molecule has 0 aliphatic rings. The standard InChI is InChI=1S/C49H31N3/c1-2-6-32(7-3-1)41-10-5-11-42(30-41)46-31-45(36-16-12-33(13-17-36)34-26-28-50-29-27-34)51-49(52-46)40-20-14-35(15-21-40)43-24-22-39-19-18-37-8-4-9-38-23-25-44(43)48(39)47(37)38/h1-31H. The number of aromatic nitrogens is 3. The molecule has 242 valence electrons. The molecule has 0 radical (unpaired) electrons. The van der Waals surface area contributed by atoms with E-state index in [0.29, 0.717) is 5.82 Å². The topological polar surface area (TPSA) is 38.7 Å². The van der Waals surface area contributed by atoms with Gasteiger partial charge in [0.25, 0.3) is 0 Å². The third-order valence-electron chi connectivity index (χ3n) is 10.2. The molecule has 0 amide bonds. The molecule has 0 bridgehead atoms. The van der Waals surface area contributed by atoms with Crippen molar-refractivity contribution in [3.63, 3.8) is 0 Å². The van der Waals surface area contributed by atoms with E-state index in [0.717, 1.165) is 44.8 Å². The number of hydrogen-bond donors (Lipinski definition) is 0. The van der Waals surface area contributed by atoms with Crippen LogP contribution in [-0.4, -0.2) is 15.0 Å². The highest BCUT2D eigenvalue weighted by molar-refractivity contribution is 6.25. The predicted molar refractivity (Wildman–Crippen MR) is 216 cm³/mol. The van der Waals surface area contributed by atoms with Gasteiger partial charge in [-0.1, -0.05) is 152 Å². The van der Waals surface area contributed by atoms with Crippen molar-refractivity contribution >= 4 is 32.3 Å². The Hall–Kier alpha value is -6.97. The molecule has 52 heavy (non-hydrogen) atoms. The molecule has 0 aliphatic carbocycles. The minimum absolute atomic E-state index is 0.692. The lowest BCUT2D eigenvalue weighted by Gasteiger charge is -2.14. The lowest BCUT2D eigenvalue weighted by Crippen LogP contribution is -1.96. The number of benzene rings is 8. The van der Waals surface area contributed by atoms with Crippen molar-refractivity contribution in [2.45, 2.75) is 0 Å². The van der Waals surface area contributed by atoms with Crippen LogP contribution in [0.5, 0.6) is 0 Å². The average Bonchev–Trinajstić information content (AvgIpc) is 3.23. The third-order valence-corrected chi connectivity index (χ3v) is 10.2. The molecule has 0 fully saturated rings. The zero-order valence-electron chi connectivity index (χ0n) is 28.2. The van der Waals surface area contributed by atoms with Crippen molar-refractivity contribution in [3.05, 3.63) is 188 Å². The Morgan fingerprint density at radius 2 is 0.846 bits per heavy atom. The largest absolute Gasteiger partial charge is 0.265 e. The van der Waals surface area contributed by atoms with E-state index in [4.69, 9.17) is 9.97 Å². The zero-order valence-corrected chi connectivity index (χ0v) is 28.2. The van der Waals surface area contributed by atoms with Crippen LogP contribution in [0.25, 0.3) is 99.6 Å². The molecule has 10 aromatic rings. The average molecular weight is 662 g/mol. The second-order valence-electron chi connectivity index (χ2n) is 13.3. The van der Waals surface area contributed by atoms with E-state index in [-0.39, 0.29) is 0 Å². The van der Waals surface area contributed by atoms with Gasteiger partial charge in [0.1, 0.15) is 0 Å². The Labute approximate surface area is 301 Å². The quantitative estimate of drug-likeness (QED) is 0.166. The molecule has 3 heteroatoms. The van der Waals surface area contributed by atoms with Gasteiger partial charge in [0.2, 0.25) is 0 Å². The van der Waals surface area contributed by atoms with Crippen LogP contribution in [0, 0.1) is 0 Å². The minimum atomic E-state index is 0.692. The van der Waals surface area contributed by atoms with Crippen molar-refractivity contribution in [2.24, 2.45) is 0 Å². The molecule has 2 aromatic heterocycles. The van der Waals surface area contributed by atoms with E-state index in [1.807, 2.05) is 30.6 Å². The van der Waals surface area contributed by atoms with E-state index in [9.17, 15) is 0 Å². The Kier molecular flexibility index (Phi) is 7.14. The van der Waals surface area contributed by atoms with E-state index < -0.39 is 0 Å². The summed E-state index contributed by atoms with van der Waals surface area (Å²) in [7, 11) is 0. The highest BCUT2D eigenvalue weighted by Crippen LogP contribution is 2.40. The lowest BCUT2D eigenvalue weighted by atomic mass is 9.90. The minimum Gasteiger partial charge on any atom is -0.265 e. The maximum Gasteiger partial charge on any atom is 0.160 e. The van der Waals surface area contributed by atoms with Gasteiger partial charge in [-0.15, -0.1) is 0 Å². The van der Waals surface area contributed by atoms with Crippen molar-refractivity contribution in [3.8, 4) is 67.3 Å². The summed E-state index contributed by atoms with van der Waals surface area (Å²) < 4.78 is 0. The maximum absolute atomic E-state index is 5.19. The molecule has 3 nitrogen and oxygen atoms in total. The monoisotopic (exact) mass is 661 g/mol. The molecule has 0 saturated carbocycles. The summed E-state index contributed by atoms with van der Waals surface area (Å²) in [5.74, 6) is 0.692. The molecule has 0 spiro atoms. The fraction of sp³-hybridized carbons (Fsp3) is 0.